The first kappa shape index (κ1) is 9.15. The van der Waals surface area contributed by atoms with Gasteiger partial charge in [0.15, 0.2) is 4.77 Å². The van der Waals surface area contributed by atoms with Crippen LogP contribution in [0.2, 0.25) is 0 Å². The number of aldehydes is 1. The molecular weight excluding hydrogens is 196 g/mol. The number of imidazole rings is 1. The third-order valence-electron chi connectivity index (χ3n) is 2.15. The molecule has 1 heterocycles. The highest BCUT2D eigenvalue weighted by molar-refractivity contribution is 7.71. The van der Waals surface area contributed by atoms with Crippen molar-refractivity contribution in [3.63, 3.8) is 0 Å². The molecular formula is C10H10N2OS. The Morgan fingerprint density at radius 3 is 3.00 bits per heavy atom. The van der Waals surface area contributed by atoms with Crippen LogP contribution in [0.4, 0.5) is 0 Å². The molecule has 72 valence electrons. The number of rotatable bonds is 3. The minimum absolute atomic E-state index is 0.496. The van der Waals surface area contributed by atoms with Crippen molar-refractivity contribution in [3.8, 4) is 0 Å². The van der Waals surface area contributed by atoms with Crippen LogP contribution in [-0.2, 0) is 11.3 Å². The summed E-state index contributed by atoms with van der Waals surface area (Å²) in [5, 5.41) is 0. The van der Waals surface area contributed by atoms with Crippen molar-refractivity contribution in [3.05, 3.63) is 29.0 Å². The normalized spacial score (nSPS) is 10.6. The van der Waals surface area contributed by atoms with Gasteiger partial charge < -0.3 is 14.3 Å². The number of hydrogen-bond donors (Lipinski definition) is 1. The van der Waals surface area contributed by atoms with Gasteiger partial charge in [0.05, 0.1) is 11.0 Å². The lowest BCUT2D eigenvalue weighted by atomic mass is 10.3. The van der Waals surface area contributed by atoms with Crippen LogP contribution < -0.4 is 0 Å². The molecule has 1 N–H and O–H groups in total. The summed E-state index contributed by atoms with van der Waals surface area (Å²) in [5.74, 6) is 0. The molecule has 0 spiro atoms. The van der Waals surface area contributed by atoms with E-state index in [0.29, 0.717) is 17.7 Å². The van der Waals surface area contributed by atoms with E-state index in [9.17, 15) is 4.79 Å². The van der Waals surface area contributed by atoms with E-state index in [0.717, 1.165) is 17.3 Å². The number of aromatic amines is 1. The zero-order valence-corrected chi connectivity index (χ0v) is 8.38. The molecule has 3 nitrogen and oxygen atoms in total. The van der Waals surface area contributed by atoms with Gasteiger partial charge in [-0.3, -0.25) is 0 Å². The summed E-state index contributed by atoms with van der Waals surface area (Å²) in [7, 11) is 0. The van der Waals surface area contributed by atoms with Crippen molar-refractivity contribution in [2.75, 3.05) is 0 Å². The Bertz CT molecular complexity index is 512. The fraction of sp³-hybridized carbons (Fsp3) is 0.200. The highest BCUT2D eigenvalue weighted by atomic mass is 32.1. The first-order valence-electron chi connectivity index (χ1n) is 4.44. The second-order valence-electron chi connectivity index (χ2n) is 3.05. The van der Waals surface area contributed by atoms with Crippen LogP contribution in [0.1, 0.15) is 6.42 Å². The number of nitrogens with zero attached hydrogens (tertiary/aromatic N) is 1. The van der Waals surface area contributed by atoms with Crippen LogP contribution in [0.3, 0.4) is 0 Å². The lowest BCUT2D eigenvalue weighted by Crippen LogP contribution is -1.97. The van der Waals surface area contributed by atoms with Gasteiger partial charge in [0.25, 0.3) is 0 Å². The SMILES string of the molecule is O=CCCn1c(=S)[nH]c2ccccc21. The maximum Gasteiger partial charge on any atom is 0.178 e. The molecule has 0 saturated heterocycles. The third-order valence-corrected chi connectivity index (χ3v) is 2.47. The van der Waals surface area contributed by atoms with Gasteiger partial charge in [-0.25, -0.2) is 0 Å². The first-order valence-corrected chi connectivity index (χ1v) is 4.85. The van der Waals surface area contributed by atoms with Gasteiger partial charge in [-0.2, -0.15) is 0 Å². The number of H-pyrrole nitrogens is 1. The number of benzene rings is 1. The Morgan fingerprint density at radius 2 is 2.21 bits per heavy atom. The molecule has 0 unspecified atom stereocenters. The number of para-hydroxylation sites is 2. The molecule has 0 aliphatic carbocycles. The van der Waals surface area contributed by atoms with E-state index in [1.165, 1.54) is 0 Å². The largest absolute Gasteiger partial charge is 0.331 e. The molecule has 0 saturated carbocycles. The zero-order chi connectivity index (χ0) is 9.97. The number of hydrogen-bond acceptors (Lipinski definition) is 2. The van der Waals surface area contributed by atoms with Crippen LogP contribution >= 0.6 is 12.2 Å². The van der Waals surface area contributed by atoms with Gasteiger partial charge in [-0.1, -0.05) is 12.1 Å². The monoisotopic (exact) mass is 206 g/mol. The highest BCUT2D eigenvalue weighted by Crippen LogP contribution is 2.13. The van der Waals surface area contributed by atoms with E-state index in [4.69, 9.17) is 12.2 Å². The molecule has 1 aromatic carbocycles. The van der Waals surface area contributed by atoms with E-state index in [1.807, 2.05) is 28.8 Å². The minimum Gasteiger partial charge on any atom is -0.331 e. The number of nitrogens with one attached hydrogen (secondary N) is 1. The topological polar surface area (TPSA) is 37.8 Å². The summed E-state index contributed by atoms with van der Waals surface area (Å²) in [6.45, 7) is 0.645. The van der Waals surface area contributed by atoms with Gasteiger partial charge in [-0.05, 0) is 24.4 Å². The summed E-state index contributed by atoms with van der Waals surface area (Å²) in [5.41, 5.74) is 2.07. The number of fused-ring (bicyclic) bond motifs is 1. The highest BCUT2D eigenvalue weighted by Gasteiger charge is 2.01. The van der Waals surface area contributed by atoms with Gasteiger partial charge >= 0.3 is 0 Å². The lowest BCUT2D eigenvalue weighted by molar-refractivity contribution is -0.108. The molecule has 0 aliphatic rings. The van der Waals surface area contributed by atoms with Crippen molar-refractivity contribution < 1.29 is 4.79 Å². The van der Waals surface area contributed by atoms with Crippen molar-refractivity contribution in [2.45, 2.75) is 13.0 Å². The quantitative estimate of drug-likeness (QED) is 0.618. The van der Waals surface area contributed by atoms with Gasteiger partial charge in [0.1, 0.15) is 6.29 Å². The van der Waals surface area contributed by atoms with Crippen LogP contribution in [0, 0.1) is 4.77 Å². The number of aryl methyl sites for hydroxylation is 1. The molecule has 2 rings (SSSR count). The summed E-state index contributed by atoms with van der Waals surface area (Å²) in [6.07, 6.45) is 1.40. The molecule has 14 heavy (non-hydrogen) atoms. The molecule has 0 amide bonds. The standard InChI is InChI=1S/C10H10N2OS/c13-7-3-6-12-9-5-2-1-4-8(9)11-10(12)14/h1-2,4-5,7H,3,6H2,(H,11,14). The fourth-order valence-electron chi connectivity index (χ4n) is 1.51. The van der Waals surface area contributed by atoms with Gasteiger partial charge in [0.2, 0.25) is 0 Å². The van der Waals surface area contributed by atoms with Crippen LogP contribution in [0.5, 0.6) is 0 Å². The van der Waals surface area contributed by atoms with Gasteiger partial charge in [0, 0.05) is 13.0 Å². The smallest absolute Gasteiger partial charge is 0.178 e. The molecule has 0 radical (unpaired) electrons. The van der Waals surface area contributed by atoms with Crippen LogP contribution in [0.15, 0.2) is 24.3 Å². The second-order valence-corrected chi connectivity index (χ2v) is 3.44. The fourth-order valence-corrected chi connectivity index (χ4v) is 1.81. The molecule has 4 heteroatoms. The van der Waals surface area contributed by atoms with E-state index in [1.54, 1.807) is 0 Å². The average Bonchev–Trinajstić information content (AvgIpc) is 2.51. The Labute approximate surface area is 86.4 Å². The molecule has 0 bridgehead atoms. The number of carbonyl (C=O) groups excluding carboxylic acids is 1. The predicted molar refractivity (Wildman–Crippen MR) is 57.8 cm³/mol. The molecule has 0 atom stereocenters. The molecule has 1 aromatic heterocycles. The van der Waals surface area contributed by atoms with Crippen LogP contribution in [0.25, 0.3) is 11.0 Å². The second kappa shape index (κ2) is 3.75. The summed E-state index contributed by atoms with van der Waals surface area (Å²) >= 11 is 5.16. The predicted octanol–water partition coefficient (Wildman–Crippen LogP) is 2.29. The van der Waals surface area contributed by atoms with Crippen molar-refractivity contribution in [1.29, 1.82) is 0 Å². The maximum atomic E-state index is 10.3. The van der Waals surface area contributed by atoms with Crippen molar-refractivity contribution >= 4 is 29.5 Å². The Morgan fingerprint density at radius 1 is 1.43 bits per heavy atom. The number of aromatic nitrogens is 2. The zero-order valence-electron chi connectivity index (χ0n) is 7.56. The lowest BCUT2D eigenvalue weighted by Gasteiger charge is -1.99. The molecule has 0 fully saturated rings. The molecule has 2 aromatic rings. The Balaban J connectivity index is 2.56. The van der Waals surface area contributed by atoms with Crippen LogP contribution in [-0.4, -0.2) is 15.8 Å². The Hall–Kier alpha value is -1.42. The number of carbonyl (C=O) groups is 1. The third kappa shape index (κ3) is 1.48. The average molecular weight is 206 g/mol. The van der Waals surface area contributed by atoms with E-state index in [-0.39, 0.29) is 0 Å². The van der Waals surface area contributed by atoms with E-state index >= 15 is 0 Å². The summed E-state index contributed by atoms with van der Waals surface area (Å²) in [6, 6.07) is 7.88. The van der Waals surface area contributed by atoms with Crippen molar-refractivity contribution in [1.82, 2.24) is 9.55 Å². The molecule has 0 aliphatic heterocycles. The Kier molecular flexibility index (Phi) is 2.45. The maximum absolute atomic E-state index is 10.3. The minimum atomic E-state index is 0.496. The van der Waals surface area contributed by atoms with Crippen molar-refractivity contribution in [2.24, 2.45) is 0 Å². The summed E-state index contributed by atoms with van der Waals surface area (Å²) in [4.78, 5) is 13.4. The van der Waals surface area contributed by atoms with Gasteiger partial charge in [-0.15, -0.1) is 0 Å². The van der Waals surface area contributed by atoms with E-state index in [2.05, 4.69) is 4.98 Å². The summed E-state index contributed by atoms with van der Waals surface area (Å²) < 4.78 is 2.62. The first-order chi connectivity index (χ1) is 6.83. The van der Waals surface area contributed by atoms with E-state index < -0.39 is 0 Å².